The summed E-state index contributed by atoms with van der Waals surface area (Å²) in [5.74, 6) is 0. The third kappa shape index (κ3) is 4.32. The van der Waals surface area contributed by atoms with Crippen LogP contribution in [0.3, 0.4) is 0 Å². The largest absolute Gasteiger partial charge is 0.309 e. The third-order valence-corrected chi connectivity index (χ3v) is 13.7. The van der Waals surface area contributed by atoms with Crippen LogP contribution in [0.1, 0.15) is 11.1 Å². The Kier molecular flexibility index (Phi) is 6.67. The van der Waals surface area contributed by atoms with Gasteiger partial charge in [-0.2, -0.15) is 10.5 Å². The van der Waals surface area contributed by atoms with Gasteiger partial charge in [-0.1, -0.05) is 115 Å². The van der Waals surface area contributed by atoms with Crippen LogP contribution in [0.15, 0.2) is 176 Å². The lowest BCUT2D eigenvalue weighted by Gasteiger charge is -2.16. The van der Waals surface area contributed by atoms with E-state index in [4.69, 9.17) is 0 Å². The van der Waals surface area contributed by atoms with E-state index in [1.807, 2.05) is 18.2 Å². The third-order valence-electron chi connectivity index (χ3n) is 12.5. The molecule has 0 amide bonds. The molecule has 0 N–H and O–H groups in total. The lowest BCUT2D eigenvalue weighted by atomic mass is 10.0. The van der Waals surface area contributed by atoms with Crippen molar-refractivity contribution in [2.75, 3.05) is 0 Å². The minimum Gasteiger partial charge on any atom is -0.309 e. The summed E-state index contributed by atoms with van der Waals surface area (Å²) >= 11 is 1.77. The summed E-state index contributed by atoms with van der Waals surface area (Å²) in [5.41, 5.74) is 9.65. The predicted molar refractivity (Wildman–Crippen MR) is 249 cm³/mol. The maximum absolute atomic E-state index is 11.2. The predicted octanol–water partition coefficient (Wildman–Crippen LogP) is 14.2. The van der Waals surface area contributed by atoms with Crippen LogP contribution >= 0.6 is 11.3 Å². The van der Waals surface area contributed by atoms with Gasteiger partial charge in [-0.3, -0.25) is 0 Å². The van der Waals surface area contributed by atoms with E-state index in [-0.39, 0.29) is 0 Å². The number of nitrogens with zero attached hydrogens (tertiary/aromatic N) is 5. The molecule has 0 aliphatic heterocycles. The van der Waals surface area contributed by atoms with Gasteiger partial charge in [-0.05, 0) is 71.4 Å². The van der Waals surface area contributed by atoms with Gasteiger partial charge < -0.3 is 13.7 Å². The van der Waals surface area contributed by atoms with E-state index in [1.54, 1.807) is 11.3 Å². The molecular formula is C54H29N5S. The highest BCUT2D eigenvalue weighted by Crippen LogP contribution is 2.45. The van der Waals surface area contributed by atoms with Gasteiger partial charge in [-0.15, -0.1) is 11.3 Å². The van der Waals surface area contributed by atoms with Gasteiger partial charge in [0.1, 0.15) is 12.1 Å². The Labute approximate surface area is 346 Å². The maximum Gasteiger partial charge on any atom is 0.101 e. The highest BCUT2D eigenvalue weighted by molar-refractivity contribution is 7.26. The Balaban J connectivity index is 1.13. The molecule has 5 nitrogen and oxygen atoms in total. The fourth-order valence-corrected chi connectivity index (χ4v) is 11.2. The molecule has 13 rings (SSSR count). The monoisotopic (exact) mass is 779 g/mol. The Morgan fingerprint density at radius 1 is 0.383 bits per heavy atom. The Bertz CT molecular complexity index is 4050. The second-order valence-corrected chi connectivity index (χ2v) is 16.5. The van der Waals surface area contributed by atoms with Crippen LogP contribution in [0.5, 0.6) is 0 Å². The fourth-order valence-electron chi connectivity index (χ4n) is 9.98. The van der Waals surface area contributed by atoms with E-state index in [2.05, 4.69) is 184 Å². The second kappa shape index (κ2) is 12.2. The zero-order valence-electron chi connectivity index (χ0n) is 31.9. The second-order valence-electron chi connectivity index (χ2n) is 15.5. The van der Waals surface area contributed by atoms with Gasteiger partial charge in [0.05, 0.1) is 60.3 Å². The number of benzene rings is 9. The Morgan fingerprint density at radius 3 is 1.65 bits per heavy atom. The van der Waals surface area contributed by atoms with Gasteiger partial charge in [0.25, 0.3) is 0 Å². The Morgan fingerprint density at radius 2 is 0.933 bits per heavy atom. The molecule has 0 atom stereocenters. The van der Waals surface area contributed by atoms with Crippen LogP contribution in [0.2, 0.25) is 0 Å². The van der Waals surface area contributed by atoms with Crippen LogP contribution in [0, 0.1) is 22.7 Å². The first-order valence-electron chi connectivity index (χ1n) is 20.0. The summed E-state index contributed by atoms with van der Waals surface area (Å²) in [7, 11) is 0. The number of thiophene rings is 1. The molecule has 0 fully saturated rings. The number of para-hydroxylation sites is 3. The maximum atomic E-state index is 11.2. The minimum atomic E-state index is 0.485. The van der Waals surface area contributed by atoms with Crippen molar-refractivity contribution in [3.63, 3.8) is 0 Å². The molecule has 0 bridgehead atoms. The quantitative estimate of drug-likeness (QED) is 0.179. The van der Waals surface area contributed by atoms with Crippen molar-refractivity contribution in [1.82, 2.24) is 13.7 Å². The molecule has 0 radical (unpaired) electrons. The van der Waals surface area contributed by atoms with Crippen molar-refractivity contribution in [3.05, 3.63) is 187 Å². The molecule has 0 aliphatic rings. The average Bonchev–Trinajstić information content (AvgIpc) is 4.05. The Hall–Kier alpha value is -8.16. The van der Waals surface area contributed by atoms with E-state index < -0.39 is 0 Å². The molecule has 0 saturated carbocycles. The van der Waals surface area contributed by atoms with E-state index in [1.165, 1.54) is 26.2 Å². The van der Waals surface area contributed by atoms with Crippen LogP contribution in [-0.2, 0) is 0 Å². The number of hydrogen-bond donors (Lipinski definition) is 0. The van der Waals surface area contributed by atoms with E-state index in [9.17, 15) is 10.5 Å². The highest BCUT2D eigenvalue weighted by Gasteiger charge is 2.24. The highest BCUT2D eigenvalue weighted by atomic mass is 32.1. The molecule has 0 aliphatic carbocycles. The zero-order valence-corrected chi connectivity index (χ0v) is 32.7. The van der Waals surface area contributed by atoms with Crippen molar-refractivity contribution < 1.29 is 0 Å². The van der Waals surface area contributed by atoms with Gasteiger partial charge in [0.15, 0.2) is 0 Å². The van der Waals surface area contributed by atoms with Gasteiger partial charge >= 0.3 is 0 Å². The molecule has 4 aromatic heterocycles. The molecule has 0 saturated heterocycles. The van der Waals surface area contributed by atoms with Crippen molar-refractivity contribution in [1.29, 1.82) is 10.5 Å². The minimum absolute atomic E-state index is 0.485. The average molecular weight is 780 g/mol. The molecule has 9 aromatic carbocycles. The van der Waals surface area contributed by atoms with Crippen LogP contribution < -0.4 is 0 Å². The molecule has 60 heavy (non-hydrogen) atoms. The fraction of sp³-hybridized carbons (Fsp3) is 0. The van der Waals surface area contributed by atoms with Crippen molar-refractivity contribution in [2.24, 2.45) is 0 Å². The normalized spacial score (nSPS) is 12.0. The van der Waals surface area contributed by atoms with Crippen molar-refractivity contribution in [3.8, 4) is 29.2 Å². The summed E-state index contributed by atoms with van der Waals surface area (Å²) in [6.45, 7) is 0. The van der Waals surface area contributed by atoms with Crippen molar-refractivity contribution in [2.45, 2.75) is 0 Å². The molecule has 0 unspecified atom stereocenters. The summed E-state index contributed by atoms with van der Waals surface area (Å²) in [5, 5.41) is 33.7. The van der Waals surface area contributed by atoms with Crippen LogP contribution in [-0.4, -0.2) is 13.7 Å². The van der Waals surface area contributed by atoms with E-state index in [0.29, 0.717) is 22.5 Å². The van der Waals surface area contributed by atoms with Crippen molar-refractivity contribution >= 4 is 108 Å². The van der Waals surface area contributed by atoms with E-state index >= 15 is 0 Å². The van der Waals surface area contributed by atoms with E-state index in [0.717, 1.165) is 75.8 Å². The molecule has 4 heterocycles. The molecule has 6 heteroatoms. The van der Waals surface area contributed by atoms with Gasteiger partial charge in [-0.25, -0.2) is 0 Å². The molecular weight excluding hydrogens is 751 g/mol. The first kappa shape index (κ1) is 32.9. The standard InChI is InChI=1S/C54H29N5S/c55-30-33-28-50(34(31-56)27-49(33)58-46-19-9-5-16-42(46)52-36-12-2-1-11-32(36)21-25-48(52)58)59-47-26-22-35(57-44-17-7-3-13-37(44)38-14-4-8-18-45(38)57)29-43(47)40-23-24-41-39-15-6-10-20-51(39)60-54(41)53(40)59/h1-29H. The summed E-state index contributed by atoms with van der Waals surface area (Å²) in [6, 6.07) is 66.9. The lowest BCUT2D eigenvalue weighted by Crippen LogP contribution is -2.04. The first-order valence-corrected chi connectivity index (χ1v) is 20.8. The van der Waals surface area contributed by atoms with Gasteiger partial charge in [0, 0.05) is 53.5 Å². The first-order chi connectivity index (χ1) is 29.7. The van der Waals surface area contributed by atoms with Crippen LogP contribution in [0.4, 0.5) is 0 Å². The number of nitriles is 2. The topological polar surface area (TPSA) is 62.4 Å². The number of hydrogen-bond acceptors (Lipinski definition) is 3. The summed E-state index contributed by atoms with van der Waals surface area (Å²) < 4.78 is 9.09. The smallest absolute Gasteiger partial charge is 0.101 e. The number of rotatable bonds is 3. The SMILES string of the molecule is N#Cc1cc(-n2c3ccc(-n4c5ccccc5c5ccccc54)cc3c3ccc4c5ccccc5sc4c32)c(C#N)cc1-n1c2ccccc2c2c3ccccc3ccc21. The molecule has 276 valence electrons. The number of aromatic nitrogens is 3. The zero-order chi connectivity index (χ0) is 39.6. The number of fused-ring (bicyclic) bond motifs is 15. The van der Waals surface area contributed by atoms with Gasteiger partial charge in [0.2, 0.25) is 0 Å². The lowest BCUT2D eigenvalue weighted by molar-refractivity contribution is 1.13. The van der Waals surface area contributed by atoms with Crippen LogP contribution in [0.25, 0.3) is 113 Å². The summed E-state index contributed by atoms with van der Waals surface area (Å²) in [6.07, 6.45) is 0. The molecule has 13 aromatic rings. The molecule has 0 spiro atoms. The summed E-state index contributed by atoms with van der Waals surface area (Å²) in [4.78, 5) is 0.